The van der Waals surface area contributed by atoms with E-state index < -0.39 is 10.0 Å². The average molecular weight is 282 g/mol. The first kappa shape index (κ1) is 14.2. The molecule has 0 saturated heterocycles. The van der Waals surface area contributed by atoms with Crippen LogP contribution in [0.4, 0.5) is 11.4 Å². The largest absolute Gasteiger partial charge is 0.397 e. The summed E-state index contributed by atoms with van der Waals surface area (Å²) >= 11 is 0. The Morgan fingerprint density at radius 1 is 1.21 bits per heavy atom. The third-order valence-electron chi connectivity index (χ3n) is 3.77. The predicted octanol–water partition coefficient (Wildman–Crippen LogP) is 2.76. The normalized spacial score (nSPS) is 17.3. The summed E-state index contributed by atoms with van der Waals surface area (Å²) in [4.78, 5) is 0. The Morgan fingerprint density at radius 2 is 1.84 bits per heavy atom. The van der Waals surface area contributed by atoms with E-state index in [4.69, 9.17) is 5.73 Å². The summed E-state index contributed by atoms with van der Waals surface area (Å²) in [5, 5.41) is -0.249. The average Bonchev–Trinajstić information content (AvgIpc) is 2.42. The molecule has 0 unspecified atom stereocenters. The number of rotatable bonds is 4. The van der Waals surface area contributed by atoms with Gasteiger partial charge in [-0.05, 0) is 31.9 Å². The first-order chi connectivity index (χ1) is 9.07. The minimum atomic E-state index is -3.30. The van der Waals surface area contributed by atoms with Crippen LogP contribution in [-0.2, 0) is 10.0 Å². The zero-order chi connectivity index (χ0) is 13.9. The van der Waals surface area contributed by atoms with Gasteiger partial charge in [-0.1, -0.05) is 31.4 Å². The second-order valence-electron chi connectivity index (χ2n) is 5.03. The van der Waals surface area contributed by atoms with Crippen LogP contribution >= 0.6 is 0 Å². The number of anilines is 2. The van der Waals surface area contributed by atoms with Crippen LogP contribution in [0.3, 0.4) is 0 Å². The molecule has 1 aliphatic rings. The standard InChI is InChI=1S/C14H22N2O2S/c1-2-16(14-11-7-6-10-13(14)15)19(17,18)12-8-4-3-5-9-12/h6-7,10-12H,2-5,8-9,15H2,1H3. The van der Waals surface area contributed by atoms with Crippen molar-refractivity contribution in [2.24, 2.45) is 0 Å². The van der Waals surface area contributed by atoms with Crippen molar-refractivity contribution in [3.63, 3.8) is 0 Å². The Balaban J connectivity index is 2.33. The lowest BCUT2D eigenvalue weighted by Crippen LogP contribution is -2.40. The Bertz CT molecular complexity index is 522. The number of para-hydroxylation sites is 2. The Morgan fingerprint density at radius 3 is 2.42 bits per heavy atom. The predicted molar refractivity (Wildman–Crippen MR) is 79.7 cm³/mol. The van der Waals surface area contributed by atoms with Crippen LogP contribution in [-0.4, -0.2) is 20.2 Å². The highest BCUT2D eigenvalue weighted by atomic mass is 32.2. The van der Waals surface area contributed by atoms with Crippen molar-refractivity contribution in [3.05, 3.63) is 24.3 Å². The van der Waals surface area contributed by atoms with Gasteiger partial charge >= 0.3 is 0 Å². The highest BCUT2D eigenvalue weighted by Crippen LogP contribution is 2.31. The molecule has 4 nitrogen and oxygen atoms in total. The van der Waals surface area contributed by atoms with Crippen molar-refractivity contribution in [2.45, 2.75) is 44.3 Å². The van der Waals surface area contributed by atoms with Crippen LogP contribution in [0.15, 0.2) is 24.3 Å². The topological polar surface area (TPSA) is 63.4 Å². The highest BCUT2D eigenvalue weighted by molar-refractivity contribution is 7.93. The van der Waals surface area contributed by atoms with Crippen LogP contribution in [0.1, 0.15) is 39.0 Å². The summed E-state index contributed by atoms with van der Waals surface area (Å²) in [6.45, 7) is 2.28. The molecule has 0 bridgehead atoms. The number of hydrogen-bond acceptors (Lipinski definition) is 3. The van der Waals surface area contributed by atoms with Crippen molar-refractivity contribution < 1.29 is 8.42 Å². The van der Waals surface area contributed by atoms with Crippen LogP contribution in [0.25, 0.3) is 0 Å². The maximum Gasteiger partial charge on any atom is 0.238 e. The molecular formula is C14H22N2O2S. The lowest BCUT2D eigenvalue weighted by atomic mass is 10.0. The fraction of sp³-hybridized carbons (Fsp3) is 0.571. The fourth-order valence-corrected chi connectivity index (χ4v) is 4.83. The zero-order valence-electron chi connectivity index (χ0n) is 11.4. The van der Waals surface area contributed by atoms with E-state index >= 15 is 0 Å². The maximum absolute atomic E-state index is 12.7. The third-order valence-corrected chi connectivity index (χ3v) is 6.16. The first-order valence-electron chi connectivity index (χ1n) is 6.93. The summed E-state index contributed by atoms with van der Waals surface area (Å²) in [7, 11) is -3.30. The molecule has 0 amide bonds. The quantitative estimate of drug-likeness (QED) is 0.864. The lowest BCUT2D eigenvalue weighted by molar-refractivity contribution is 0.482. The minimum absolute atomic E-state index is 0.249. The molecule has 1 aromatic rings. The van der Waals surface area contributed by atoms with E-state index in [0.717, 1.165) is 32.1 Å². The van der Waals surface area contributed by atoms with Crippen molar-refractivity contribution >= 4 is 21.4 Å². The molecule has 2 rings (SSSR count). The van der Waals surface area contributed by atoms with Gasteiger partial charge in [0.1, 0.15) is 0 Å². The molecule has 0 atom stereocenters. The Kier molecular flexibility index (Phi) is 4.34. The molecule has 1 aromatic carbocycles. The van der Waals surface area contributed by atoms with E-state index in [1.807, 2.05) is 19.1 Å². The van der Waals surface area contributed by atoms with Gasteiger partial charge in [-0.3, -0.25) is 4.31 Å². The SMILES string of the molecule is CCN(c1ccccc1N)S(=O)(=O)C1CCCCC1. The zero-order valence-corrected chi connectivity index (χ0v) is 12.2. The minimum Gasteiger partial charge on any atom is -0.397 e. The molecule has 19 heavy (non-hydrogen) atoms. The molecule has 1 aliphatic carbocycles. The van der Waals surface area contributed by atoms with Gasteiger partial charge in [-0.2, -0.15) is 0 Å². The lowest BCUT2D eigenvalue weighted by Gasteiger charge is -2.30. The van der Waals surface area contributed by atoms with Gasteiger partial charge in [0.25, 0.3) is 0 Å². The van der Waals surface area contributed by atoms with Gasteiger partial charge in [0, 0.05) is 6.54 Å². The molecule has 0 aromatic heterocycles. The van der Waals surface area contributed by atoms with Gasteiger partial charge < -0.3 is 5.73 Å². The molecule has 1 saturated carbocycles. The van der Waals surface area contributed by atoms with E-state index in [2.05, 4.69) is 0 Å². The molecule has 0 spiro atoms. The Labute approximate surface area is 115 Å². The summed E-state index contributed by atoms with van der Waals surface area (Å²) in [5.74, 6) is 0. The highest BCUT2D eigenvalue weighted by Gasteiger charge is 2.33. The van der Waals surface area contributed by atoms with E-state index in [1.54, 1.807) is 12.1 Å². The number of nitrogens with zero attached hydrogens (tertiary/aromatic N) is 1. The fourth-order valence-electron chi connectivity index (χ4n) is 2.74. The van der Waals surface area contributed by atoms with E-state index in [1.165, 1.54) is 4.31 Å². The summed E-state index contributed by atoms with van der Waals surface area (Å²) < 4.78 is 27.0. The summed E-state index contributed by atoms with van der Waals surface area (Å²) in [6.07, 6.45) is 4.69. The second kappa shape index (κ2) is 5.82. The molecule has 106 valence electrons. The molecule has 2 N–H and O–H groups in total. The molecule has 0 radical (unpaired) electrons. The monoisotopic (exact) mass is 282 g/mol. The van der Waals surface area contributed by atoms with Crippen LogP contribution < -0.4 is 10.0 Å². The summed E-state index contributed by atoms with van der Waals surface area (Å²) in [5.41, 5.74) is 7.04. The van der Waals surface area contributed by atoms with Gasteiger partial charge in [-0.25, -0.2) is 8.42 Å². The molecule has 0 heterocycles. The smallest absolute Gasteiger partial charge is 0.238 e. The third kappa shape index (κ3) is 2.86. The molecule has 0 aliphatic heterocycles. The number of benzene rings is 1. The second-order valence-corrected chi connectivity index (χ2v) is 7.17. The number of hydrogen-bond donors (Lipinski definition) is 1. The molecule has 5 heteroatoms. The van der Waals surface area contributed by atoms with Gasteiger partial charge in [0.05, 0.1) is 16.6 Å². The van der Waals surface area contributed by atoms with E-state index in [9.17, 15) is 8.42 Å². The van der Waals surface area contributed by atoms with E-state index in [0.29, 0.717) is 17.9 Å². The maximum atomic E-state index is 12.7. The van der Waals surface area contributed by atoms with Crippen LogP contribution in [0, 0.1) is 0 Å². The van der Waals surface area contributed by atoms with Crippen molar-refractivity contribution in [1.82, 2.24) is 0 Å². The molecular weight excluding hydrogens is 260 g/mol. The van der Waals surface area contributed by atoms with Gasteiger partial charge in [0.2, 0.25) is 10.0 Å². The summed E-state index contributed by atoms with van der Waals surface area (Å²) in [6, 6.07) is 7.16. The van der Waals surface area contributed by atoms with Crippen LogP contribution in [0.2, 0.25) is 0 Å². The number of nitrogen functional groups attached to an aromatic ring is 1. The van der Waals surface area contributed by atoms with Gasteiger partial charge in [0.15, 0.2) is 0 Å². The van der Waals surface area contributed by atoms with E-state index in [-0.39, 0.29) is 5.25 Å². The van der Waals surface area contributed by atoms with Crippen molar-refractivity contribution in [1.29, 1.82) is 0 Å². The Hall–Kier alpha value is -1.23. The molecule has 1 fully saturated rings. The van der Waals surface area contributed by atoms with Gasteiger partial charge in [-0.15, -0.1) is 0 Å². The first-order valence-corrected chi connectivity index (χ1v) is 8.43. The number of sulfonamides is 1. The van der Waals surface area contributed by atoms with Crippen molar-refractivity contribution in [2.75, 3.05) is 16.6 Å². The van der Waals surface area contributed by atoms with Crippen LogP contribution in [0.5, 0.6) is 0 Å². The number of nitrogens with two attached hydrogens (primary N) is 1. The van der Waals surface area contributed by atoms with Crippen molar-refractivity contribution in [3.8, 4) is 0 Å².